The predicted molar refractivity (Wildman–Crippen MR) is 79.3 cm³/mol. The zero-order valence-electron chi connectivity index (χ0n) is 10.5. The fraction of sp³-hybridized carbons (Fsp3) is 0.167. The highest BCUT2D eigenvalue weighted by Gasteiger charge is 2.30. The zero-order valence-corrected chi connectivity index (χ0v) is 13.5. The van der Waals surface area contributed by atoms with Crippen molar-refractivity contribution in [1.82, 2.24) is 4.57 Å². The largest absolute Gasteiger partial charge is 0.451 e. The first-order valence-corrected chi connectivity index (χ1v) is 7.39. The lowest BCUT2D eigenvalue weighted by molar-refractivity contribution is -0.137. The van der Waals surface area contributed by atoms with Crippen LogP contribution in [-0.2, 0) is 10.9 Å². The summed E-state index contributed by atoms with van der Waals surface area (Å²) in [4.78, 5) is 15.2. The first-order chi connectivity index (χ1) is 9.81. The van der Waals surface area contributed by atoms with Gasteiger partial charge in [0.2, 0.25) is 4.80 Å². The highest BCUT2D eigenvalue weighted by Crippen LogP contribution is 2.30. The number of amides is 1. The van der Waals surface area contributed by atoms with Crippen LogP contribution in [0.4, 0.5) is 18.0 Å². The second-order valence-electron chi connectivity index (χ2n) is 3.82. The van der Waals surface area contributed by atoms with Gasteiger partial charge in [0, 0.05) is 11.9 Å². The van der Waals surface area contributed by atoms with Crippen LogP contribution in [0.5, 0.6) is 0 Å². The van der Waals surface area contributed by atoms with Gasteiger partial charge >= 0.3 is 12.3 Å². The third-order valence-corrected chi connectivity index (χ3v) is 4.15. The van der Waals surface area contributed by atoms with Crippen molar-refractivity contribution >= 4 is 40.0 Å². The van der Waals surface area contributed by atoms with E-state index in [1.807, 2.05) is 22.6 Å². The van der Waals surface area contributed by atoms with Crippen molar-refractivity contribution in [2.24, 2.45) is 4.99 Å². The number of carbonyl (C=O) groups is 1. The van der Waals surface area contributed by atoms with Gasteiger partial charge in [-0.1, -0.05) is 17.4 Å². The van der Waals surface area contributed by atoms with Crippen molar-refractivity contribution < 1.29 is 22.7 Å². The zero-order chi connectivity index (χ0) is 15.6. The number of hydrogen-bond donors (Lipinski definition) is 0. The molecule has 112 valence electrons. The van der Waals surface area contributed by atoms with Crippen molar-refractivity contribution in [1.29, 1.82) is 0 Å². The molecule has 0 aliphatic rings. The maximum Gasteiger partial charge on any atom is 0.436 e. The van der Waals surface area contributed by atoms with Gasteiger partial charge in [0.15, 0.2) is 0 Å². The normalized spacial score (nSPS) is 12.5. The number of halogens is 4. The van der Waals surface area contributed by atoms with Crippen molar-refractivity contribution in [3.63, 3.8) is 0 Å². The minimum absolute atomic E-state index is 0.241. The summed E-state index contributed by atoms with van der Waals surface area (Å²) in [5.41, 5.74) is -0.496. The fourth-order valence-corrected chi connectivity index (χ4v) is 3.12. The molecule has 0 unspecified atom stereocenters. The van der Waals surface area contributed by atoms with Crippen LogP contribution in [0.25, 0.3) is 5.69 Å². The van der Waals surface area contributed by atoms with E-state index in [0.29, 0.717) is 0 Å². The lowest BCUT2D eigenvalue weighted by atomic mass is 10.2. The summed E-state index contributed by atoms with van der Waals surface area (Å²) in [6.07, 6.45) is -3.64. The molecule has 0 radical (unpaired) electrons. The number of alkyl halides is 3. The molecule has 0 spiro atoms. The molecular weight excluding hydrogens is 420 g/mol. The van der Waals surface area contributed by atoms with Gasteiger partial charge in [-0.25, -0.2) is 4.79 Å². The summed E-state index contributed by atoms with van der Waals surface area (Å²) in [5, 5.41) is 0. The lowest BCUT2D eigenvalue weighted by Crippen LogP contribution is -2.15. The molecule has 0 fully saturated rings. The maximum absolute atomic E-state index is 12.7. The minimum atomic E-state index is -4.43. The Balaban J connectivity index is 2.58. The molecule has 4 nitrogen and oxygen atoms in total. The number of carbonyl (C=O) groups excluding carboxylic acids is 1. The average Bonchev–Trinajstić information content (AvgIpc) is 2.78. The van der Waals surface area contributed by atoms with Crippen LogP contribution in [0.15, 0.2) is 35.5 Å². The van der Waals surface area contributed by atoms with E-state index < -0.39 is 17.8 Å². The topological polar surface area (TPSA) is 43.6 Å². The second kappa shape index (κ2) is 6.18. The summed E-state index contributed by atoms with van der Waals surface area (Å²) in [6.45, 7) is 0. The number of benzene rings is 1. The maximum atomic E-state index is 12.7. The third-order valence-electron chi connectivity index (χ3n) is 2.44. The van der Waals surface area contributed by atoms with E-state index in [4.69, 9.17) is 0 Å². The van der Waals surface area contributed by atoms with Gasteiger partial charge < -0.3 is 4.74 Å². The quantitative estimate of drug-likeness (QED) is 0.649. The Bertz CT molecular complexity index is 737. The van der Waals surface area contributed by atoms with Crippen LogP contribution in [0.1, 0.15) is 5.56 Å². The summed E-state index contributed by atoms with van der Waals surface area (Å²) < 4.78 is 44.9. The van der Waals surface area contributed by atoms with Crippen molar-refractivity contribution in [2.75, 3.05) is 7.11 Å². The molecular formula is C12H8F3IN2O2S. The molecule has 0 saturated heterocycles. The Morgan fingerprint density at radius 3 is 2.76 bits per heavy atom. The third kappa shape index (κ3) is 3.84. The molecule has 0 saturated carbocycles. The summed E-state index contributed by atoms with van der Waals surface area (Å²) in [5.74, 6) is 0. The Morgan fingerprint density at radius 2 is 2.14 bits per heavy atom. The summed E-state index contributed by atoms with van der Waals surface area (Å²) >= 11 is 3.17. The van der Waals surface area contributed by atoms with E-state index in [1.165, 1.54) is 35.1 Å². The number of thiazole rings is 1. The van der Waals surface area contributed by atoms with Crippen LogP contribution < -0.4 is 4.80 Å². The molecule has 9 heteroatoms. The van der Waals surface area contributed by atoms with E-state index in [-0.39, 0.29) is 10.5 Å². The highest BCUT2D eigenvalue weighted by molar-refractivity contribution is 14.1. The van der Waals surface area contributed by atoms with Gasteiger partial charge in [-0.05, 0) is 40.8 Å². The van der Waals surface area contributed by atoms with E-state index in [2.05, 4.69) is 9.73 Å². The standard InChI is InChI=1S/C12H8F3IN2O2S/c1-20-11(19)17-10-18(6-9(16)21-10)8-4-2-3-7(5-8)12(13,14)15/h2-6H,1H3. The highest BCUT2D eigenvalue weighted by atomic mass is 127. The number of nitrogens with zero attached hydrogens (tertiary/aromatic N) is 2. The van der Waals surface area contributed by atoms with Crippen LogP contribution in [0, 0.1) is 2.88 Å². The number of aromatic nitrogens is 1. The van der Waals surface area contributed by atoms with Gasteiger partial charge in [-0.15, -0.1) is 4.99 Å². The minimum Gasteiger partial charge on any atom is -0.451 e. The molecule has 0 aliphatic carbocycles. The van der Waals surface area contributed by atoms with E-state index in [0.717, 1.165) is 15.0 Å². The molecule has 21 heavy (non-hydrogen) atoms. The molecule has 2 aromatic rings. The Labute approximate surface area is 135 Å². The summed E-state index contributed by atoms with van der Waals surface area (Å²) in [7, 11) is 1.18. The lowest BCUT2D eigenvalue weighted by Gasteiger charge is -2.09. The van der Waals surface area contributed by atoms with Crippen molar-refractivity contribution in [2.45, 2.75) is 6.18 Å². The van der Waals surface area contributed by atoms with Gasteiger partial charge in [0.1, 0.15) is 0 Å². The molecule has 1 heterocycles. The Kier molecular flexibility index (Phi) is 4.71. The van der Waals surface area contributed by atoms with E-state index in [9.17, 15) is 18.0 Å². The molecule has 2 rings (SSSR count). The molecule has 1 amide bonds. The number of hydrogen-bond acceptors (Lipinski definition) is 3. The van der Waals surface area contributed by atoms with Crippen LogP contribution in [-0.4, -0.2) is 17.8 Å². The van der Waals surface area contributed by atoms with E-state index in [1.54, 1.807) is 6.20 Å². The summed E-state index contributed by atoms with van der Waals surface area (Å²) in [6, 6.07) is 4.80. The number of rotatable bonds is 1. The average molecular weight is 428 g/mol. The molecule has 0 atom stereocenters. The molecule has 0 aliphatic heterocycles. The van der Waals surface area contributed by atoms with Gasteiger partial charge in [0.05, 0.1) is 15.6 Å². The van der Waals surface area contributed by atoms with Crippen LogP contribution in [0.2, 0.25) is 0 Å². The number of methoxy groups -OCH3 is 1. The molecule has 0 bridgehead atoms. The van der Waals surface area contributed by atoms with Crippen LogP contribution in [0.3, 0.4) is 0 Å². The SMILES string of the molecule is COC(=O)N=c1sc(I)cn1-c1cccc(C(F)(F)F)c1. The smallest absolute Gasteiger partial charge is 0.436 e. The Hall–Kier alpha value is -1.36. The van der Waals surface area contributed by atoms with Gasteiger partial charge in [-0.2, -0.15) is 13.2 Å². The molecule has 0 N–H and O–H groups in total. The van der Waals surface area contributed by atoms with Crippen LogP contribution >= 0.6 is 33.9 Å². The van der Waals surface area contributed by atoms with Crippen molar-refractivity contribution in [3.8, 4) is 5.69 Å². The monoisotopic (exact) mass is 428 g/mol. The number of ether oxygens (including phenoxy) is 1. The molecule has 1 aromatic heterocycles. The Morgan fingerprint density at radius 1 is 1.43 bits per heavy atom. The second-order valence-corrected chi connectivity index (χ2v) is 6.72. The van der Waals surface area contributed by atoms with Gasteiger partial charge in [0.25, 0.3) is 0 Å². The predicted octanol–water partition coefficient (Wildman–Crippen LogP) is 3.83. The molecule has 1 aromatic carbocycles. The van der Waals surface area contributed by atoms with Crippen molar-refractivity contribution in [3.05, 3.63) is 43.7 Å². The first kappa shape index (κ1) is 16.0. The van der Waals surface area contributed by atoms with Gasteiger partial charge in [-0.3, -0.25) is 4.57 Å². The fourth-order valence-electron chi connectivity index (χ4n) is 1.54. The first-order valence-electron chi connectivity index (χ1n) is 5.49. The van der Waals surface area contributed by atoms with E-state index >= 15 is 0 Å².